The minimum Gasteiger partial charge on any atom is -0.494 e. The van der Waals surface area contributed by atoms with Crippen LogP contribution in [0.4, 0.5) is 4.39 Å². The summed E-state index contributed by atoms with van der Waals surface area (Å²) in [6.45, 7) is 7.11. The summed E-state index contributed by atoms with van der Waals surface area (Å²) in [5.41, 5.74) is 3.96. The molecule has 0 spiro atoms. The Hall–Kier alpha value is -2.74. The molecule has 2 heterocycles. The van der Waals surface area contributed by atoms with Crippen LogP contribution in [0.1, 0.15) is 24.5 Å². The summed E-state index contributed by atoms with van der Waals surface area (Å²) in [6, 6.07) is 15.1. The standard InChI is InChI=1S/C25H31FN4O2/c1-2-32-24-8-6-19(7-9-24)16-30-12-11-29(18-23(30)10-13-31)17-21-15-27-28-25(21)20-4-3-5-22(26)14-20/h3-9,14-15,23,31H,2,10-13,16-18H2,1H3,(H,27,28). The van der Waals surface area contributed by atoms with Gasteiger partial charge >= 0.3 is 0 Å². The van der Waals surface area contributed by atoms with Crippen molar-refractivity contribution in [3.8, 4) is 17.0 Å². The van der Waals surface area contributed by atoms with E-state index in [1.807, 2.05) is 31.3 Å². The first kappa shape index (κ1) is 22.5. The minimum absolute atomic E-state index is 0.165. The second kappa shape index (κ2) is 10.7. The Morgan fingerprint density at radius 1 is 1.16 bits per heavy atom. The number of piperazine rings is 1. The Bertz CT molecular complexity index is 992. The summed E-state index contributed by atoms with van der Waals surface area (Å²) >= 11 is 0. The summed E-state index contributed by atoms with van der Waals surface area (Å²) in [5.74, 6) is 0.635. The molecule has 1 fully saturated rings. The first-order valence-corrected chi connectivity index (χ1v) is 11.2. The molecule has 0 amide bonds. The predicted octanol–water partition coefficient (Wildman–Crippen LogP) is 3.68. The number of H-pyrrole nitrogens is 1. The molecule has 1 atom stereocenters. The van der Waals surface area contributed by atoms with Crippen LogP contribution in [0.3, 0.4) is 0 Å². The molecule has 7 heteroatoms. The fourth-order valence-corrected chi connectivity index (χ4v) is 4.39. The van der Waals surface area contributed by atoms with E-state index in [-0.39, 0.29) is 18.5 Å². The van der Waals surface area contributed by atoms with Crippen molar-refractivity contribution in [1.82, 2.24) is 20.0 Å². The lowest BCUT2D eigenvalue weighted by molar-refractivity contribution is 0.0500. The van der Waals surface area contributed by atoms with Crippen molar-refractivity contribution in [1.29, 1.82) is 0 Å². The lowest BCUT2D eigenvalue weighted by Gasteiger charge is -2.41. The molecule has 3 aromatic rings. The Morgan fingerprint density at radius 2 is 2.00 bits per heavy atom. The van der Waals surface area contributed by atoms with Crippen LogP contribution in [0.25, 0.3) is 11.3 Å². The van der Waals surface area contributed by atoms with E-state index in [1.54, 1.807) is 6.07 Å². The van der Waals surface area contributed by atoms with Crippen LogP contribution in [-0.2, 0) is 13.1 Å². The fraction of sp³-hybridized carbons (Fsp3) is 0.400. The molecule has 0 bridgehead atoms. The third-order valence-corrected chi connectivity index (χ3v) is 6.00. The van der Waals surface area contributed by atoms with Crippen LogP contribution < -0.4 is 4.74 Å². The zero-order valence-corrected chi connectivity index (χ0v) is 18.5. The van der Waals surface area contributed by atoms with Crippen LogP contribution in [-0.4, -0.2) is 64.0 Å². The van der Waals surface area contributed by atoms with Crippen LogP contribution in [0, 0.1) is 5.82 Å². The first-order chi connectivity index (χ1) is 15.7. The summed E-state index contributed by atoms with van der Waals surface area (Å²) in [4.78, 5) is 4.84. The van der Waals surface area contributed by atoms with Gasteiger partial charge < -0.3 is 9.84 Å². The van der Waals surface area contributed by atoms with Gasteiger partial charge in [-0.25, -0.2) is 4.39 Å². The van der Waals surface area contributed by atoms with E-state index in [9.17, 15) is 9.50 Å². The maximum absolute atomic E-state index is 13.7. The van der Waals surface area contributed by atoms with E-state index < -0.39 is 0 Å². The van der Waals surface area contributed by atoms with E-state index in [2.05, 4.69) is 32.1 Å². The summed E-state index contributed by atoms with van der Waals surface area (Å²) in [6.07, 6.45) is 2.56. The molecule has 2 aromatic carbocycles. The number of hydrogen-bond acceptors (Lipinski definition) is 5. The molecule has 6 nitrogen and oxygen atoms in total. The van der Waals surface area contributed by atoms with Gasteiger partial charge in [-0.05, 0) is 43.2 Å². The normalized spacial score (nSPS) is 17.5. The average Bonchev–Trinajstić information content (AvgIpc) is 3.25. The monoisotopic (exact) mass is 438 g/mol. The zero-order valence-electron chi connectivity index (χ0n) is 18.5. The Morgan fingerprint density at radius 3 is 2.75 bits per heavy atom. The number of hydrogen-bond donors (Lipinski definition) is 2. The summed E-state index contributed by atoms with van der Waals surface area (Å²) in [5, 5.41) is 16.9. The zero-order chi connectivity index (χ0) is 22.3. The minimum atomic E-state index is -0.256. The van der Waals surface area contributed by atoms with Gasteiger partial charge in [0.05, 0.1) is 18.5 Å². The molecule has 32 heavy (non-hydrogen) atoms. The van der Waals surface area contributed by atoms with Crippen molar-refractivity contribution in [2.45, 2.75) is 32.5 Å². The number of aromatic amines is 1. The van der Waals surface area contributed by atoms with Gasteiger partial charge in [0, 0.05) is 56.5 Å². The molecule has 2 N–H and O–H groups in total. The number of rotatable bonds is 9. The maximum atomic E-state index is 13.7. The van der Waals surface area contributed by atoms with Crippen molar-refractivity contribution in [2.24, 2.45) is 0 Å². The fourth-order valence-electron chi connectivity index (χ4n) is 4.39. The highest BCUT2D eigenvalue weighted by Gasteiger charge is 2.27. The Labute approximate surface area is 188 Å². The quantitative estimate of drug-likeness (QED) is 0.534. The van der Waals surface area contributed by atoms with Gasteiger partial charge in [0.1, 0.15) is 11.6 Å². The first-order valence-electron chi connectivity index (χ1n) is 11.2. The van der Waals surface area contributed by atoms with E-state index in [4.69, 9.17) is 4.74 Å². The number of ether oxygens (including phenoxy) is 1. The number of nitrogens with zero attached hydrogens (tertiary/aromatic N) is 3. The van der Waals surface area contributed by atoms with Gasteiger partial charge in [-0.2, -0.15) is 5.10 Å². The summed E-state index contributed by atoms with van der Waals surface area (Å²) < 4.78 is 19.2. The molecule has 0 saturated carbocycles. The third kappa shape index (κ3) is 5.54. The van der Waals surface area contributed by atoms with Gasteiger partial charge in [-0.15, -0.1) is 0 Å². The third-order valence-electron chi connectivity index (χ3n) is 6.00. The Kier molecular flexibility index (Phi) is 7.52. The Balaban J connectivity index is 1.41. The molecular weight excluding hydrogens is 407 g/mol. The number of benzene rings is 2. The van der Waals surface area contributed by atoms with Crippen molar-refractivity contribution in [3.05, 3.63) is 71.7 Å². The molecule has 0 aliphatic carbocycles. The molecule has 1 aromatic heterocycles. The number of aliphatic hydroxyl groups excluding tert-OH is 1. The van der Waals surface area contributed by atoms with Crippen LogP contribution in [0.15, 0.2) is 54.7 Å². The van der Waals surface area contributed by atoms with Gasteiger partial charge in [-0.1, -0.05) is 24.3 Å². The molecule has 1 aliphatic heterocycles. The van der Waals surface area contributed by atoms with E-state index >= 15 is 0 Å². The maximum Gasteiger partial charge on any atom is 0.123 e. The second-order valence-corrected chi connectivity index (χ2v) is 8.23. The van der Waals surface area contributed by atoms with Gasteiger partial charge in [0.15, 0.2) is 0 Å². The van der Waals surface area contributed by atoms with Gasteiger partial charge in [-0.3, -0.25) is 14.9 Å². The number of aliphatic hydroxyl groups is 1. The molecule has 170 valence electrons. The molecule has 0 radical (unpaired) electrons. The number of aromatic nitrogens is 2. The van der Waals surface area contributed by atoms with Crippen LogP contribution in [0.2, 0.25) is 0 Å². The number of halogens is 1. The molecule has 4 rings (SSSR count). The van der Waals surface area contributed by atoms with Crippen molar-refractivity contribution in [3.63, 3.8) is 0 Å². The van der Waals surface area contributed by atoms with Crippen molar-refractivity contribution < 1.29 is 14.2 Å². The SMILES string of the molecule is CCOc1ccc(CN2CCN(Cc3cn[nH]c3-c3cccc(F)c3)CC2CCO)cc1. The highest BCUT2D eigenvalue weighted by Crippen LogP contribution is 2.25. The van der Waals surface area contributed by atoms with Crippen molar-refractivity contribution >= 4 is 0 Å². The summed E-state index contributed by atoms with van der Waals surface area (Å²) in [7, 11) is 0. The molecule has 1 unspecified atom stereocenters. The molecule has 1 aliphatic rings. The lowest BCUT2D eigenvalue weighted by atomic mass is 10.0. The lowest BCUT2D eigenvalue weighted by Crippen LogP contribution is -2.52. The van der Waals surface area contributed by atoms with Crippen molar-refractivity contribution in [2.75, 3.05) is 32.8 Å². The van der Waals surface area contributed by atoms with E-state index in [0.29, 0.717) is 6.61 Å². The van der Waals surface area contributed by atoms with E-state index in [1.165, 1.54) is 17.7 Å². The predicted molar refractivity (Wildman–Crippen MR) is 123 cm³/mol. The highest BCUT2D eigenvalue weighted by molar-refractivity contribution is 5.62. The smallest absolute Gasteiger partial charge is 0.123 e. The highest BCUT2D eigenvalue weighted by atomic mass is 19.1. The molecule has 1 saturated heterocycles. The van der Waals surface area contributed by atoms with Gasteiger partial charge in [0.2, 0.25) is 0 Å². The van der Waals surface area contributed by atoms with Gasteiger partial charge in [0.25, 0.3) is 0 Å². The van der Waals surface area contributed by atoms with Crippen LogP contribution >= 0.6 is 0 Å². The largest absolute Gasteiger partial charge is 0.494 e. The van der Waals surface area contributed by atoms with Crippen LogP contribution in [0.5, 0.6) is 5.75 Å². The second-order valence-electron chi connectivity index (χ2n) is 8.23. The average molecular weight is 439 g/mol. The van der Waals surface area contributed by atoms with E-state index in [0.717, 1.165) is 61.7 Å². The topological polar surface area (TPSA) is 64.6 Å². The number of nitrogens with one attached hydrogen (secondary N) is 1. The molecular formula is C25H31FN4O2.